The predicted octanol–water partition coefficient (Wildman–Crippen LogP) is 3.35. The molecule has 1 aromatic carbocycles. The lowest BCUT2D eigenvalue weighted by atomic mass is 10.0. The van der Waals surface area contributed by atoms with Crippen molar-refractivity contribution in [2.75, 3.05) is 19.8 Å². The molecule has 0 amide bonds. The van der Waals surface area contributed by atoms with Crippen molar-refractivity contribution >= 4 is 5.57 Å². The molecule has 2 nitrogen and oxygen atoms in total. The fourth-order valence-corrected chi connectivity index (χ4v) is 1.76. The van der Waals surface area contributed by atoms with Gasteiger partial charge in [0.2, 0.25) is 0 Å². The highest BCUT2D eigenvalue weighted by molar-refractivity contribution is 5.64. The summed E-state index contributed by atoms with van der Waals surface area (Å²) in [5, 5.41) is 3.53. The van der Waals surface area contributed by atoms with Crippen LogP contribution in [0.4, 0.5) is 0 Å². The van der Waals surface area contributed by atoms with Crippen LogP contribution in [0.3, 0.4) is 0 Å². The van der Waals surface area contributed by atoms with Crippen LogP contribution in [0.1, 0.15) is 26.3 Å². The molecule has 0 aliphatic carbocycles. The lowest BCUT2D eigenvalue weighted by molar-refractivity contribution is 0.110. The third-order valence-electron chi connectivity index (χ3n) is 3.07. The van der Waals surface area contributed by atoms with Gasteiger partial charge in [0.15, 0.2) is 0 Å². The van der Waals surface area contributed by atoms with Crippen LogP contribution in [-0.2, 0) is 4.74 Å². The Kier molecular flexibility index (Phi) is 6.69. The van der Waals surface area contributed by atoms with Gasteiger partial charge in [-0.3, -0.25) is 0 Å². The topological polar surface area (TPSA) is 21.3 Å². The minimum Gasteiger partial charge on any atom is -0.380 e. The standard InChI is InChI=1S/C16H25NO/c1-5-18-12-16(13(2)3)17-11-14(4)15-9-7-6-8-10-15/h6-10,13,16-17H,4-5,11-12H2,1-3H3. The van der Waals surface area contributed by atoms with Crippen molar-refractivity contribution in [1.82, 2.24) is 5.32 Å². The maximum absolute atomic E-state index is 5.50. The summed E-state index contributed by atoms with van der Waals surface area (Å²) in [5.74, 6) is 0.556. The molecule has 0 radical (unpaired) electrons. The van der Waals surface area contributed by atoms with Crippen molar-refractivity contribution in [3.05, 3.63) is 42.5 Å². The van der Waals surface area contributed by atoms with Crippen molar-refractivity contribution in [3.8, 4) is 0 Å². The van der Waals surface area contributed by atoms with Gasteiger partial charge < -0.3 is 10.1 Å². The lowest BCUT2D eigenvalue weighted by Crippen LogP contribution is -2.38. The molecular formula is C16H25NO. The van der Waals surface area contributed by atoms with Crippen LogP contribution in [0.25, 0.3) is 5.57 Å². The molecule has 1 N–H and O–H groups in total. The molecule has 0 saturated heterocycles. The molecule has 0 heterocycles. The summed E-state index contributed by atoms with van der Waals surface area (Å²) in [4.78, 5) is 0. The molecule has 2 heteroatoms. The molecule has 0 aromatic heterocycles. The Morgan fingerprint density at radius 1 is 1.28 bits per heavy atom. The normalized spacial score (nSPS) is 12.7. The summed E-state index contributed by atoms with van der Waals surface area (Å²) in [5.41, 5.74) is 2.32. The first-order valence-corrected chi connectivity index (χ1v) is 6.69. The van der Waals surface area contributed by atoms with Crippen LogP contribution >= 0.6 is 0 Å². The molecule has 0 fully saturated rings. The molecule has 0 bridgehead atoms. The summed E-state index contributed by atoms with van der Waals surface area (Å²) in [6.07, 6.45) is 0. The Morgan fingerprint density at radius 3 is 2.50 bits per heavy atom. The van der Waals surface area contributed by atoms with E-state index in [4.69, 9.17) is 4.74 Å². The first kappa shape index (κ1) is 14.9. The summed E-state index contributed by atoms with van der Waals surface area (Å²) < 4.78 is 5.50. The Balaban J connectivity index is 2.44. The molecule has 100 valence electrons. The molecule has 1 unspecified atom stereocenters. The van der Waals surface area contributed by atoms with E-state index in [0.29, 0.717) is 12.0 Å². The Morgan fingerprint density at radius 2 is 1.94 bits per heavy atom. The van der Waals surface area contributed by atoms with Crippen LogP contribution in [0, 0.1) is 5.92 Å². The van der Waals surface area contributed by atoms with E-state index in [9.17, 15) is 0 Å². The van der Waals surface area contributed by atoms with Gasteiger partial charge in [-0.1, -0.05) is 50.8 Å². The Bertz CT molecular complexity index is 345. The predicted molar refractivity (Wildman–Crippen MR) is 78.6 cm³/mol. The summed E-state index contributed by atoms with van der Waals surface area (Å²) in [7, 11) is 0. The second kappa shape index (κ2) is 8.06. The van der Waals surface area contributed by atoms with Gasteiger partial charge >= 0.3 is 0 Å². The zero-order valence-corrected chi connectivity index (χ0v) is 11.8. The molecule has 0 saturated carbocycles. The smallest absolute Gasteiger partial charge is 0.0622 e. The largest absolute Gasteiger partial charge is 0.380 e. The molecule has 1 aromatic rings. The van der Waals surface area contributed by atoms with Gasteiger partial charge in [-0.25, -0.2) is 0 Å². The number of rotatable bonds is 8. The highest BCUT2D eigenvalue weighted by Gasteiger charge is 2.13. The number of nitrogens with one attached hydrogen (secondary N) is 1. The quantitative estimate of drug-likeness (QED) is 0.760. The monoisotopic (exact) mass is 247 g/mol. The summed E-state index contributed by atoms with van der Waals surface area (Å²) in [6, 6.07) is 10.7. The van der Waals surface area contributed by atoms with Crippen molar-refractivity contribution in [3.63, 3.8) is 0 Å². The number of hydrogen-bond donors (Lipinski definition) is 1. The third-order valence-corrected chi connectivity index (χ3v) is 3.07. The SMILES string of the molecule is C=C(CNC(COCC)C(C)C)c1ccccc1. The van der Waals surface area contributed by atoms with Gasteiger partial charge in [0.1, 0.15) is 0 Å². The second-order valence-corrected chi connectivity index (χ2v) is 4.86. The average Bonchev–Trinajstić information content (AvgIpc) is 2.39. The molecular weight excluding hydrogens is 222 g/mol. The third kappa shape index (κ3) is 5.03. The van der Waals surface area contributed by atoms with Gasteiger partial charge in [0, 0.05) is 19.2 Å². The van der Waals surface area contributed by atoms with E-state index < -0.39 is 0 Å². The molecule has 1 rings (SSSR count). The first-order chi connectivity index (χ1) is 8.65. The maximum Gasteiger partial charge on any atom is 0.0622 e. The van der Waals surface area contributed by atoms with E-state index in [-0.39, 0.29) is 0 Å². The zero-order chi connectivity index (χ0) is 13.4. The average molecular weight is 247 g/mol. The maximum atomic E-state index is 5.50. The Labute approximate surface area is 111 Å². The Hall–Kier alpha value is -1.12. The van der Waals surface area contributed by atoms with Crippen molar-refractivity contribution in [1.29, 1.82) is 0 Å². The fourth-order valence-electron chi connectivity index (χ4n) is 1.76. The summed E-state index contributed by atoms with van der Waals surface area (Å²) in [6.45, 7) is 12.9. The van der Waals surface area contributed by atoms with Crippen LogP contribution in [0.2, 0.25) is 0 Å². The molecule has 0 aliphatic rings. The molecule has 18 heavy (non-hydrogen) atoms. The van der Waals surface area contributed by atoms with Crippen molar-refractivity contribution in [2.45, 2.75) is 26.8 Å². The van der Waals surface area contributed by atoms with Gasteiger partial charge in [0.25, 0.3) is 0 Å². The lowest BCUT2D eigenvalue weighted by Gasteiger charge is -2.22. The van der Waals surface area contributed by atoms with Crippen LogP contribution < -0.4 is 5.32 Å². The number of hydrogen-bond acceptors (Lipinski definition) is 2. The molecule has 1 atom stereocenters. The van der Waals surface area contributed by atoms with Crippen LogP contribution in [0.15, 0.2) is 36.9 Å². The van der Waals surface area contributed by atoms with Gasteiger partial charge in [0.05, 0.1) is 6.61 Å². The fraction of sp³-hybridized carbons (Fsp3) is 0.500. The van der Waals surface area contributed by atoms with E-state index in [1.807, 2.05) is 25.1 Å². The van der Waals surface area contributed by atoms with Crippen LogP contribution in [-0.4, -0.2) is 25.8 Å². The number of benzene rings is 1. The van der Waals surface area contributed by atoms with Gasteiger partial charge in [-0.05, 0) is 24.0 Å². The van der Waals surface area contributed by atoms with Crippen LogP contribution in [0.5, 0.6) is 0 Å². The highest BCUT2D eigenvalue weighted by atomic mass is 16.5. The van der Waals surface area contributed by atoms with Crippen molar-refractivity contribution < 1.29 is 4.74 Å². The first-order valence-electron chi connectivity index (χ1n) is 6.69. The highest BCUT2D eigenvalue weighted by Crippen LogP contribution is 2.11. The minimum atomic E-state index is 0.380. The van der Waals surface area contributed by atoms with E-state index >= 15 is 0 Å². The molecule has 0 spiro atoms. The van der Waals surface area contributed by atoms with E-state index in [1.54, 1.807) is 0 Å². The number of ether oxygens (including phenoxy) is 1. The van der Waals surface area contributed by atoms with Crippen molar-refractivity contribution in [2.24, 2.45) is 5.92 Å². The minimum absolute atomic E-state index is 0.380. The van der Waals surface area contributed by atoms with E-state index in [1.165, 1.54) is 5.56 Å². The van der Waals surface area contributed by atoms with Gasteiger partial charge in [-0.15, -0.1) is 0 Å². The van der Waals surface area contributed by atoms with E-state index in [2.05, 4.69) is 37.9 Å². The molecule has 0 aliphatic heterocycles. The zero-order valence-electron chi connectivity index (χ0n) is 11.8. The summed E-state index contributed by atoms with van der Waals surface area (Å²) >= 11 is 0. The van der Waals surface area contributed by atoms with Gasteiger partial charge in [-0.2, -0.15) is 0 Å². The van der Waals surface area contributed by atoms with E-state index in [0.717, 1.165) is 25.3 Å². The second-order valence-electron chi connectivity index (χ2n) is 4.86.